The van der Waals surface area contributed by atoms with Crippen LogP contribution in [0.2, 0.25) is 36.3 Å². The lowest BCUT2D eigenvalue weighted by atomic mass is 9.44. The van der Waals surface area contributed by atoms with E-state index >= 15 is 4.79 Å². The van der Waals surface area contributed by atoms with Gasteiger partial charge in [0.15, 0.2) is 45.8 Å². The molecule has 4 fully saturated rings. The van der Waals surface area contributed by atoms with Crippen molar-refractivity contribution < 1.29 is 51.7 Å². The van der Waals surface area contributed by atoms with Gasteiger partial charge in [0.2, 0.25) is 0 Å². The van der Waals surface area contributed by atoms with Gasteiger partial charge in [-0.3, -0.25) is 14.4 Å². The number of Topliss-reactive ketones (excluding diaryl/α,β-unsaturated/α-hetero) is 1. The second kappa shape index (κ2) is 12.5. The number of hydrogen-bond donors (Lipinski definition) is 0. The molecule has 5 rings (SSSR count). The average Bonchev–Trinajstić information content (AvgIpc) is 3.32. The van der Waals surface area contributed by atoms with Crippen molar-refractivity contribution in [2.24, 2.45) is 16.7 Å². The topological polar surface area (TPSA) is 133 Å². The predicted molar refractivity (Wildman–Crippen MR) is 190 cm³/mol. The average molecular weight is 737 g/mol. The summed E-state index contributed by atoms with van der Waals surface area (Å²) in [6, 6.07) is 2.48. The Morgan fingerprint density at radius 2 is 1.56 bits per heavy atom. The fourth-order valence-electron chi connectivity index (χ4n) is 9.73. The van der Waals surface area contributed by atoms with E-state index in [0.29, 0.717) is 5.57 Å². The maximum absolute atomic E-state index is 15.8. The van der Waals surface area contributed by atoms with Crippen molar-refractivity contribution in [3.8, 4) is 0 Å². The monoisotopic (exact) mass is 736 g/mol. The smallest absolute Gasteiger partial charge is 0.454 e. The molecular weight excluding hydrogens is 677 g/mol. The van der Waals surface area contributed by atoms with E-state index in [2.05, 4.69) is 54.6 Å². The van der Waals surface area contributed by atoms with Crippen molar-refractivity contribution in [2.45, 2.75) is 174 Å². The molecule has 3 aliphatic carbocycles. The molecule has 2 saturated carbocycles. The van der Waals surface area contributed by atoms with E-state index in [9.17, 15) is 14.4 Å². The molecule has 0 aromatic rings. The van der Waals surface area contributed by atoms with Crippen LogP contribution in [0.15, 0.2) is 11.1 Å². The fraction of sp³-hybridized carbons (Fsp3) is 0.838. The molecule has 2 heterocycles. The highest BCUT2D eigenvalue weighted by molar-refractivity contribution is 6.74. The zero-order valence-electron chi connectivity index (χ0n) is 32.7. The Morgan fingerprint density at radius 3 is 2.04 bits per heavy atom. The summed E-state index contributed by atoms with van der Waals surface area (Å²) in [6.07, 6.45) is -4.69. The number of esters is 2. The summed E-state index contributed by atoms with van der Waals surface area (Å²) in [5.74, 6) is -2.50. The molecule has 0 unspecified atom stereocenters. The maximum Gasteiger partial charge on any atom is 0.509 e. The quantitative estimate of drug-likeness (QED) is 0.105. The van der Waals surface area contributed by atoms with Gasteiger partial charge in [-0.25, -0.2) is 4.79 Å². The highest BCUT2D eigenvalue weighted by Crippen LogP contribution is 2.67. The first-order chi connectivity index (χ1) is 22.9. The van der Waals surface area contributed by atoms with Crippen LogP contribution in [0.1, 0.15) is 95.9 Å². The predicted octanol–water partition coefficient (Wildman–Crippen LogP) is 7.03. The minimum atomic E-state index is -2.46. The number of carbonyl (C=O) groups is 4. The lowest BCUT2D eigenvalue weighted by molar-refractivity contribution is -0.335. The number of ether oxygens (including phenoxy) is 5. The molecule has 50 heavy (non-hydrogen) atoms. The van der Waals surface area contributed by atoms with Crippen LogP contribution in [-0.2, 0) is 46.9 Å². The molecule has 0 aromatic heterocycles. The Kier molecular flexibility index (Phi) is 9.80. The van der Waals surface area contributed by atoms with Crippen LogP contribution in [0.25, 0.3) is 0 Å². The molecule has 2 saturated heterocycles. The number of fused-ring (bicyclic) bond motifs is 5. The van der Waals surface area contributed by atoms with Crippen molar-refractivity contribution in [1.82, 2.24) is 0 Å². The molecule has 0 amide bonds. The standard InChI is InChI=1S/C37H60O11Si2/c1-15-50(16-2,17-3)48-25-18-26-36(20-42-26,45-23(6)39)29-31-37(46-32(41)44-31)19-24(47-49(13,14)33(7,8)9)21(4)27(34(37,10)11)28(43-22(5)38)30(40)35(25,29)12/h24-26,28-29,31H,15-20H2,1-14H3/t24-,25-,26+,28+,29-,31-,35+,36-,37+/m0/s1. The summed E-state index contributed by atoms with van der Waals surface area (Å²) in [7, 11) is -4.84. The normalized spacial score (nSPS) is 38.0. The van der Waals surface area contributed by atoms with Gasteiger partial charge in [0.05, 0.1) is 30.1 Å². The van der Waals surface area contributed by atoms with Crippen molar-refractivity contribution in [3.05, 3.63) is 11.1 Å². The molecule has 0 radical (unpaired) electrons. The first-order valence-corrected chi connectivity index (χ1v) is 23.9. The first-order valence-electron chi connectivity index (χ1n) is 18.4. The summed E-state index contributed by atoms with van der Waals surface area (Å²) in [4.78, 5) is 55.6. The number of rotatable bonds is 9. The van der Waals surface area contributed by atoms with E-state index in [1.807, 2.05) is 27.7 Å². The largest absolute Gasteiger partial charge is 0.509 e. The van der Waals surface area contributed by atoms with Crippen molar-refractivity contribution in [1.29, 1.82) is 0 Å². The second-order valence-corrected chi connectivity index (χ2v) is 27.1. The molecule has 1 spiro atoms. The zero-order valence-corrected chi connectivity index (χ0v) is 34.7. The van der Waals surface area contributed by atoms with E-state index in [-0.39, 0.29) is 30.3 Å². The minimum Gasteiger partial charge on any atom is -0.454 e. The van der Waals surface area contributed by atoms with Gasteiger partial charge in [0.25, 0.3) is 0 Å². The van der Waals surface area contributed by atoms with Gasteiger partial charge in [0.1, 0.15) is 6.10 Å². The molecule has 9 atom stereocenters. The lowest BCUT2D eigenvalue weighted by Crippen LogP contribution is -2.81. The van der Waals surface area contributed by atoms with Gasteiger partial charge < -0.3 is 32.5 Å². The van der Waals surface area contributed by atoms with E-state index in [0.717, 1.165) is 23.7 Å². The summed E-state index contributed by atoms with van der Waals surface area (Å²) in [5.41, 5.74) is -3.96. The number of ketones is 1. The Bertz CT molecular complexity index is 1450. The molecule has 0 aromatic carbocycles. The first kappa shape index (κ1) is 39.1. The summed E-state index contributed by atoms with van der Waals surface area (Å²) < 4.78 is 45.8. The van der Waals surface area contributed by atoms with Crippen LogP contribution >= 0.6 is 0 Å². The van der Waals surface area contributed by atoms with Gasteiger partial charge in [-0.15, -0.1) is 0 Å². The van der Waals surface area contributed by atoms with Crippen LogP contribution in [0.3, 0.4) is 0 Å². The third-order valence-electron chi connectivity index (χ3n) is 13.9. The Hall–Kier alpha value is -2.07. The SMILES string of the molecule is CC[Si](CC)(CC)O[C@H]1C[C@H]2OC[C@@]2(OC(C)=O)[C@H]2[C@@H]3OC(=O)O[C@]34C[C@H](O[Si](C)(C)C(C)(C)C)C(C)=C([C@@H](OC(C)=O)C(=O)[C@]12C)C4(C)C. The second-order valence-electron chi connectivity index (χ2n) is 17.6. The third kappa shape index (κ3) is 5.49. The summed E-state index contributed by atoms with van der Waals surface area (Å²) in [6.45, 7) is 27.4. The maximum atomic E-state index is 15.8. The van der Waals surface area contributed by atoms with Crippen molar-refractivity contribution in [3.63, 3.8) is 0 Å². The number of carbonyl (C=O) groups excluding carboxylic acids is 4. The highest BCUT2D eigenvalue weighted by Gasteiger charge is 2.81. The Labute approximate surface area is 300 Å². The van der Waals surface area contributed by atoms with E-state index in [1.165, 1.54) is 13.8 Å². The van der Waals surface area contributed by atoms with Gasteiger partial charge >= 0.3 is 18.1 Å². The Balaban J connectivity index is 1.87. The van der Waals surface area contributed by atoms with Crippen LogP contribution in [0, 0.1) is 16.7 Å². The van der Waals surface area contributed by atoms with Gasteiger partial charge in [0, 0.05) is 32.1 Å². The van der Waals surface area contributed by atoms with Crippen molar-refractivity contribution in [2.75, 3.05) is 6.61 Å². The van der Waals surface area contributed by atoms with Gasteiger partial charge in [-0.2, -0.15) is 0 Å². The minimum absolute atomic E-state index is 0.00379. The molecule has 13 heteroatoms. The van der Waals surface area contributed by atoms with Crippen LogP contribution in [-0.4, -0.2) is 88.8 Å². The molecule has 282 valence electrons. The van der Waals surface area contributed by atoms with Crippen LogP contribution < -0.4 is 0 Å². The van der Waals surface area contributed by atoms with Crippen LogP contribution in [0.5, 0.6) is 0 Å². The highest BCUT2D eigenvalue weighted by atomic mass is 28.4. The van der Waals surface area contributed by atoms with E-state index < -0.39 is 93.2 Å². The molecule has 5 aliphatic rings. The lowest BCUT2D eigenvalue weighted by Gasteiger charge is -2.67. The zero-order chi connectivity index (χ0) is 37.6. The summed E-state index contributed by atoms with van der Waals surface area (Å²) in [5, 5.41) is -0.158. The third-order valence-corrected chi connectivity index (χ3v) is 23.1. The van der Waals surface area contributed by atoms with Crippen molar-refractivity contribution >= 4 is 40.5 Å². The molecule has 2 aliphatic heterocycles. The van der Waals surface area contributed by atoms with E-state index in [4.69, 9.17) is 32.5 Å². The molecular formula is C37H60O11Si2. The number of hydrogen-bond acceptors (Lipinski definition) is 11. The molecule has 11 nitrogen and oxygen atoms in total. The van der Waals surface area contributed by atoms with Gasteiger partial charge in [-0.1, -0.05) is 55.4 Å². The molecule has 0 N–H and O–H groups in total. The van der Waals surface area contributed by atoms with Gasteiger partial charge in [-0.05, 0) is 61.3 Å². The summed E-state index contributed by atoms with van der Waals surface area (Å²) >= 11 is 0. The fourth-order valence-corrected chi connectivity index (χ4v) is 14.0. The van der Waals surface area contributed by atoms with E-state index in [1.54, 1.807) is 0 Å². The molecule has 2 bridgehead atoms. The van der Waals surface area contributed by atoms with Crippen LogP contribution in [0.4, 0.5) is 4.79 Å². The Morgan fingerprint density at radius 1 is 0.960 bits per heavy atom.